The zero-order chi connectivity index (χ0) is 33.2. The van der Waals surface area contributed by atoms with Crippen LogP contribution in [-0.4, -0.2) is 58.8 Å². The molecule has 0 amide bonds. The topological polar surface area (TPSA) is 113 Å². The van der Waals surface area contributed by atoms with Gasteiger partial charge in [0, 0.05) is 12.8 Å². The van der Waals surface area contributed by atoms with E-state index in [1.54, 1.807) is 0 Å². The third kappa shape index (κ3) is 31.5. The van der Waals surface area contributed by atoms with E-state index in [0.717, 1.165) is 44.9 Å². The minimum absolute atomic E-state index is 0.0687. The predicted molar refractivity (Wildman–Crippen MR) is 185 cm³/mol. The van der Waals surface area contributed by atoms with Gasteiger partial charge in [0.05, 0.1) is 12.2 Å². The fourth-order valence-corrected chi connectivity index (χ4v) is 4.70. The lowest BCUT2D eigenvalue weighted by Gasteiger charge is -2.16. The Morgan fingerprint density at radius 1 is 0.533 bits per heavy atom. The second-order valence-electron chi connectivity index (χ2n) is 11.9. The lowest BCUT2D eigenvalue weighted by atomic mass is 10.0. The highest BCUT2D eigenvalue weighted by Gasteiger charge is 2.16. The molecule has 3 N–H and O–H groups in total. The van der Waals surface area contributed by atoms with Crippen molar-refractivity contribution in [2.45, 2.75) is 167 Å². The van der Waals surface area contributed by atoms with Crippen molar-refractivity contribution in [2.24, 2.45) is 0 Å². The fraction of sp³-hybridized carbons (Fsp3) is 0.737. The van der Waals surface area contributed by atoms with Crippen molar-refractivity contribution in [1.82, 2.24) is 0 Å². The van der Waals surface area contributed by atoms with Crippen molar-refractivity contribution in [3.63, 3.8) is 0 Å². The molecule has 0 aliphatic heterocycles. The molecule has 3 atom stereocenters. The molecule has 0 rings (SSSR count). The zero-order valence-electron chi connectivity index (χ0n) is 28.6. The van der Waals surface area contributed by atoms with Crippen LogP contribution >= 0.6 is 0 Å². The number of ether oxygens (including phenoxy) is 2. The van der Waals surface area contributed by atoms with E-state index >= 15 is 0 Å². The number of carbonyl (C=O) groups is 2. The van der Waals surface area contributed by atoms with Crippen LogP contribution in [-0.2, 0) is 19.1 Å². The first-order chi connectivity index (χ1) is 21.9. The number of carbonyl (C=O) groups excluding carboxylic acids is 2. The lowest BCUT2D eigenvalue weighted by molar-refractivity contribution is -0.152. The van der Waals surface area contributed by atoms with Gasteiger partial charge in [0.2, 0.25) is 0 Å². The second-order valence-corrected chi connectivity index (χ2v) is 11.9. The van der Waals surface area contributed by atoms with Crippen LogP contribution in [0.5, 0.6) is 0 Å². The molecule has 0 aliphatic rings. The molecule has 7 nitrogen and oxygen atoms in total. The number of hydrogen-bond acceptors (Lipinski definition) is 7. The monoisotopic (exact) mass is 634 g/mol. The minimum Gasteiger partial charge on any atom is -0.463 e. The smallest absolute Gasteiger partial charge is 0.305 e. The molecule has 0 fully saturated rings. The van der Waals surface area contributed by atoms with Crippen molar-refractivity contribution in [3.8, 4) is 0 Å². The van der Waals surface area contributed by atoms with Gasteiger partial charge in [-0.2, -0.15) is 0 Å². The first-order valence-corrected chi connectivity index (χ1v) is 17.9. The SMILES string of the molecule is CC/C=C\C/C=C\C/C=C\C/C=C\C[C@H](O)[C@@H](O)CCCC(=O)OC[C@H](O)COC(=O)CCCCCCCCCCCCCC. The van der Waals surface area contributed by atoms with Crippen molar-refractivity contribution in [1.29, 1.82) is 0 Å². The van der Waals surface area contributed by atoms with Crippen LogP contribution in [0.15, 0.2) is 48.6 Å². The number of hydrogen-bond donors (Lipinski definition) is 3. The average Bonchev–Trinajstić information content (AvgIpc) is 3.03. The molecular weight excluding hydrogens is 568 g/mol. The third-order valence-corrected chi connectivity index (χ3v) is 7.53. The molecule has 7 heteroatoms. The van der Waals surface area contributed by atoms with E-state index in [2.05, 4.69) is 50.3 Å². The first-order valence-electron chi connectivity index (χ1n) is 17.9. The summed E-state index contributed by atoms with van der Waals surface area (Å²) in [5, 5.41) is 30.3. The van der Waals surface area contributed by atoms with Crippen LogP contribution in [0.4, 0.5) is 0 Å². The van der Waals surface area contributed by atoms with E-state index in [-0.39, 0.29) is 32.0 Å². The fourth-order valence-electron chi connectivity index (χ4n) is 4.70. The number of allylic oxidation sites excluding steroid dienone is 7. The van der Waals surface area contributed by atoms with E-state index < -0.39 is 24.3 Å². The Bertz CT molecular complexity index is 802. The van der Waals surface area contributed by atoms with Crippen LogP contribution in [0.3, 0.4) is 0 Å². The summed E-state index contributed by atoms with van der Waals surface area (Å²) in [6.45, 7) is 3.91. The highest BCUT2D eigenvalue weighted by atomic mass is 16.6. The van der Waals surface area contributed by atoms with Gasteiger partial charge in [-0.1, -0.05) is 133 Å². The molecular formula is C38H66O7. The Kier molecular flexibility index (Phi) is 31.5. The Morgan fingerprint density at radius 2 is 0.956 bits per heavy atom. The largest absolute Gasteiger partial charge is 0.463 e. The highest BCUT2D eigenvalue weighted by molar-refractivity contribution is 5.69. The van der Waals surface area contributed by atoms with Crippen molar-refractivity contribution >= 4 is 11.9 Å². The van der Waals surface area contributed by atoms with Gasteiger partial charge in [0.15, 0.2) is 0 Å². The maximum absolute atomic E-state index is 12.0. The van der Waals surface area contributed by atoms with Gasteiger partial charge >= 0.3 is 11.9 Å². The third-order valence-electron chi connectivity index (χ3n) is 7.53. The Hall–Kier alpha value is -2.22. The summed E-state index contributed by atoms with van der Waals surface area (Å²) in [6.07, 6.45) is 33.4. The van der Waals surface area contributed by atoms with Crippen molar-refractivity contribution < 1.29 is 34.4 Å². The van der Waals surface area contributed by atoms with Crippen molar-refractivity contribution in [2.75, 3.05) is 13.2 Å². The Balaban J connectivity index is 3.73. The Morgan fingerprint density at radius 3 is 1.44 bits per heavy atom. The van der Waals surface area contributed by atoms with E-state index in [1.807, 2.05) is 12.2 Å². The maximum atomic E-state index is 12.0. The number of unbranched alkanes of at least 4 members (excludes halogenated alkanes) is 11. The van der Waals surface area contributed by atoms with Gasteiger partial charge in [-0.3, -0.25) is 9.59 Å². The molecule has 0 saturated carbocycles. The van der Waals surface area contributed by atoms with Gasteiger partial charge in [0.1, 0.15) is 19.3 Å². The average molecular weight is 635 g/mol. The summed E-state index contributed by atoms with van der Waals surface area (Å²) in [6, 6.07) is 0. The summed E-state index contributed by atoms with van der Waals surface area (Å²) in [4.78, 5) is 23.9. The summed E-state index contributed by atoms with van der Waals surface area (Å²) in [5.41, 5.74) is 0. The predicted octanol–water partition coefficient (Wildman–Crippen LogP) is 8.61. The van der Waals surface area contributed by atoms with Crippen LogP contribution in [0, 0.1) is 0 Å². The number of rotatable bonds is 31. The standard InChI is InChI=1S/C38H66O7/c1-3-5-7-9-11-13-15-17-19-21-23-25-28-35(40)36(41)29-27-31-38(43)45-33-34(39)32-44-37(42)30-26-24-22-20-18-16-14-12-10-8-6-4-2/h5,7,11,13,17,19,23,25,34-36,39-41H,3-4,6,8-10,12,14-16,18,20-22,24,26-33H2,1-2H3/b7-5-,13-11-,19-17-,25-23-/t34-,35+,36+/m1/s1. The van der Waals surface area contributed by atoms with Gasteiger partial charge in [-0.15, -0.1) is 0 Å². The molecule has 0 radical (unpaired) electrons. The molecule has 0 bridgehead atoms. The van der Waals surface area contributed by atoms with Gasteiger partial charge in [-0.05, 0) is 51.4 Å². The quantitative estimate of drug-likeness (QED) is 0.0397. The van der Waals surface area contributed by atoms with Gasteiger partial charge in [0.25, 0.3) is 0 Å². The molecule has 0 heterocycles. The molecule has 0 aromatic carbocycles. The molecule has 260 valence electrons. The maximum Gasteiger partial charge on any atom is 0.305 e. The molecule has 0 spiro atoms. The minimum atomic E-state index is -1.07. The summed E-state index contributed by atoms with van der Waals surface area (Å²) < 4.78 is 10.2. The van der Waals surface area contributed by atoms with Crippen molar-refractivity contribution in [3.05, 3.63) is 48.6 Å². The first kappa shape index (κ1) is 42.8. The molecule has 0 unspecified atom stereocenters. The number of aliphatic hydroxyl groups excluding tert-OH is 3. The zero-order valence-corrected chi connectivity index (χ0v) is 28.6. The summed E-state index contributed by atoms with van der Waals surface area (Å²) in [5.74, 6) is -0.845. The van der Waals surface area contributed by atoms with Gasteiger partial charge in [-0.25, -0.2) is 0 Å². The van der Waals surface area contributed by atoms with Crippen LogP contribution in [0.1, 0.15) is 149 Å². The highest BCUT2D eigenvalue weighted by Crippen LogP contribution is 2.13. The van der Waals surface area contributed by atoms with Crippen LogP contribution in [0.25, 0.3) is 0 Å². The van der Waals surface area contributed by atoms with E-state index in [4.69, 9.17) is 9.47 Å². The Labute approximate surface area is 274 Å². The summed E-state index contributed by atoms with van der Waals surface area (Å²) in [7, 11) is 0. The van der Waals surface area contributed by atoms with Gasteiger partial charge < -0.3 is 24.8 Å². The molecule has 0 aromatic heterocycles. The molecule has 0 saturated heterocycles. The molecule has 0 aromatic rings. The van der Waals surface area contributed by atoms with Crippen LogP contribution < -0.4 is 0 Å². The number of esters is 2. The molecule has 0 aliphatic carbocycles. The molecule has 45 heavy (non-hydrogen) atoms. The normalized spacial score (nSPS) is 14.2. The van der Waals surface area contributed by atoms with E-state index in [0.29, 0.717) is 19.3 Å². The van der Waals surface area contributed by atoms with E-state index in [1.165, 1.54) is 57.8 Å². The lowest BCUT2D eigenvalue weighted by Crippen LogP contribution is -2.26. The summed E-state index contributed by atoms with van der Waals surface area (Å²) >= 11 is 0. The van der Waals surface area contributed by atoms with E-state index in [9.17, 15) is 24.9 Å². The number of aliphatic hydroxyl groups is 3. The second kappa shape index (κ2) is 33.2. The van der Waals surface area contributed by atoms with Crippen LogP contribution in [0.2, 0.25) is 0 Å².